The van der Waals surface area contributed by atoms with Crippen molar-refractivity contribution in [2.24, 2.45) is 0 Å². The molecule has 0 bridgehead atoms. The minimum atomic E-state index is 0.461. The van der Waals surface area contributed by atoms with Crippen molar-refractivity contribution in [3.63, 3.8) is 0 Å². The third-order valence-corrected chi connectivity index (χ3v) is 3.04. The Bertz CT molecular complexity index is 268. The summed E-state index contributed by atoms with van der Waals surface area (Å²) in [4.78, 5) is 4.21. The SMILES string of the molecule is Nc1nc(CCC2CCCO2)cs1. The van der Waals surface area contributed by atoms with Gasteiger partial charge >= 0.3 is 0 Å². The first-order chi connectivity index (χ1) is 6.34. The van der Waals surface area contributed by atoms with E-state index in [0.29, 0.717) is 11.2 Å². The Hall–Kier alpha value is -0.610. The predicted octanol–water partition coefficient (Wildman–Crippen LogP) is 1.84. The quantitative estimate of drug-likeness (QED) is 0.806. The zero-order valence-electron chi connectivity index (χ0n) is 7.53. The molecule has 1 aromatic heterocycles. The molecule has 0 amide bonds. The average Bonchev–Trinajstić information content (AvgIpc) is 2.71. The fraction of sp³-hybridized carbons (Fsp3) is 0.667. The molecule has 1 atom stereocenters. The number of aryl methyl sites for hydroxylation is 1. The molecule has 0 saturated carbocycles. The molecular formula is C9H14N2OS. The number of hydrogen-bond acceptors (Lipinski definition) is 4. The van der Waals surface area contributed by atoms with Gasteiger partial charge in [-0.25, -0.2) is 4.98 Å². The lowest BCUT2D eigenvalue weighted by atomic mass is 10.1. The molecule has 13 heavy (non-hydrogen) atoms. The Morgan fingerprint density at radius 3 is 3.23 bits per heavy atom. The maximum absolute atomic E-state index is 5.54. The molecule has 0 aliphatic carbocycles. The van der Waals surface area contributed by atoms with Crippen LogP contribution in [0.15, 0.2) is 5.38 Å². The molecule has 2 heterocycles. The lowest BCUT2D eigenvalue weighted by Gasteiger charge is -2.06. The number of nitrogens with two attached hydrogens (primary N) is 1. The first kappa shape index (κ1) is 8.97. The highest BCUT2D eigenvalue weighted by atomic mass is 32.1. The van der Waals surface area contributed by atoms with E-state index in [1.165, 1.54) is 24.2 Å². The van der Waals surface area contributed by atoms with E-state index in [2.05, 4.69) is 4.98 Å². The summed E-state index contributed by atoms with van der Waals surface area (Å²) in [5.41, 5.74) is 6.65. The standard InChI is InChI=1S/C9H14N2OS/c10-9-11-7(6-13-9)3-4-8-2-1-5-12-8/h6,8H,1-5H2,(H2,10,11). The van der Waals surface area contributed by atoms with E-state index in [1.807, 2.05) is 5.38 Å². The number of aromatic nitrogens is 1. The lowest BCUT2D eigenvalue weighted by Crippen LogP contribution is -2.06. The van der Waals surface area contributed by atoms with E-state index in [-0.39, 0.29) is 0 Å². The fourth-order valence-electron chi connectivity index (χ4n) is 1.62. The smallest absolute Gasteiger partial charge is 0.180 e. The molecule has 1 aromatic rings. The molecule has 0 aromatic carbocycles. The second-order valence-electron chi connectivity index (χ2n) is 3.35. The minimum absolute atomic E-state index is 0.461. The van der Waals surface area contributed by atoms with Crippen LogP contribution in [0.25, 0.3) is 0 Å². The molecule has 1 aliphatic rings. The van der Waals surface area contributed by atoms with Gasteiger partial charge in [-0.15, -0.1) is 11.3 Å². The fourth-order valence-corrected chi connectivity index (χ4v) is 2.22. The number of nitrogens with zero attached hydrogens (tertiary/aromatic N) is 1. The zero-order valence-corrected chi connectivity index (χ0v) is 8.35. The van der Waals surface area contributed by atoms with Crippen LogP contribution in [0.2, 0.25) is 0 Å². The molecule has 4 heteroatoms. The van der Waals surface area contributed by atoms with Crippen LogP contribution in [0.4, 0.5) is 5.13 Å². The van der Waals surface area contributed by atoms with E-state index in [0.717, 1.165) is 25.1 Å². The summed E-state index contributed by atoms with van der Waals surface area (Å²) in [5.74, 6) is 0. The molecule has 1 saturated heterocycles. The highest BCUT2D eigenvalue weighted by Gasteiger charge is 2.15. The van der Waals surface area contributed by atoms with Crippen molar-refractivity contribution in [3.05, 3.63) is 11.1 Å². The molecule has 1 aliphatic heterocycles. The molecule has 0 spiro atoms. The summed E-state index contributed by atoms with van der Waals surface area (Å²) in [5, 5.41) is 2.70. The van der Waals surface area contributed by atoms with E-state index in [4.69, 9.17) is 10.5 Å². The Morgan fingerprint density at radius 2 is 2.62 bits per heavy atom. The third-order valence-electron chi connectivity index (χ3n) is 2.32. The maximum Gasteiger partial charge on any atom is 0.180 e. The van der Waals surface area contributed by atoms with Crippen molar-refractivity contribution < 1.29 is 4.74 Å². The van der Waals surface area contributed by atoms with Crippen LogP contribution in [0.1, 0.15) is 25.0 Å². The van der Waals surface area contributed by atoms with Gasteiger partial charge in [-0.1, -0.05) is 0 Å². The zero-order chi connectivity index (χ0) is 9.10. The van der Waals surface area contributed by atoms with Gasteiger partial charge in [0, 0.05) is 12.0 Å². The summed E-state index contributed by atoms with van der Waals surface area (Å²) in [6.45, 7) is 0.934. The van der Waals surface area contributed by atoms with E-state index < -0.39 is 0 Å². The van der Waals surface area contributed by atoms with Crippen LogP contribution in [-0.2, 0) is 11.2 Å². The van der Waals surface area contributed by atoms with Crippen LogP contribution in [0, 0.1) is 0 Å². The Balaban J connectivity index is 1.78. The molecule has 72 valence electrons. The van der Waals surface area contributed by atoms with Crippen molar-refractivity contribution in [2.75, 3.05) is 12.3 Å². The first-order valence-corrected chi connectivity index (χ1v) is 5.54. The second kappa shape index (κ2) is 4.07. The van der Waals surface area contributed by atoms with E-state index in [1.54, 1.807) is 0 Å². The van der Waals surface area contributed by atoms with E-state index in [9.17, 15) is 0 Å². The molecule has 3 nitrogen and oxygen atoms in total. The Morgan fingerprint density at radius 1 is 1.69 bits per heavy atom. The van der Waals surface area contributed by atoms with Crippen LogP contribution in [0.3, 0.4) is 0 Å². The van der Waals surface area contributed by atoms with Gasteiger partial charge in [0.25, 0.3) is 0 Å². The first-order valence-electron chi connectivity index (χ1n) is 4.66. The van der Waals surface area contributed by atoms with Crippen molar-refractivity contribution in [1.29, 1.82) is 0 Å². The normalized spacial score (nSPS) is 22.3. The highest BCUT2D eigenvalue weighted by molar-refractivity contribution is 7.13. The number of anilines is 1. The minimum Gasteiger partial charge on any atom is -0.378 e. The van der Waals surface area contributed by atoms with Crippen molar-refractivity contribution in [2.45, 2.75) is 31.8 Å². The van der Waals surface area contributed by atoms with Gasteiger partial charge < -0.3 is 10.5 Å². The molecule has 0 radical (unpaired) electrons. The van der Waals surface area contributed by atoms with Crippen LogP contribution in [0.5, 0.6) is 0 Å². The number of hydrogen-bond donors (Lipinski definition) is 1. The molecular weight excluding hydrogens is 184 g/mol. The van der Waals surface area contributed by atoms with Crippen molar-refractivity contribution in [3.8, 4) is 0 Å². The number of ether oxygens (including phenoxy) is 1. The van der Waals surface area contributed by atoms with Gasteiger partial charge in [0.15, 0.2) is 5.13 Å². The van der Waals surface area contributed by atoms with E-state index >= 15 is 0 Å². The van der Waals surface area contributed by atoms with Crippen LogP contribution < -0.4 is 5.73 Å². The topological polar surface area (TPSA) is 48.1 Å². The molecule has 1 unspecified atom stereocenters. The van der Waals surface area contributed by atoms with Gasteiger partial charge in [0.05, 0.1) is 11.8 Å². The van der Waals surface area contributed by atoms with Crippen molar-refractivity contribution in [1.82, 2.24) is 4.98 Å². The van der Waals surface area contributed by atoms with Crippen LogP contribution in [-0.4, -0.2) is 17.7 Å². The number of nitrogen functional groups attached to an aromatic ring is 1. The lowest BCUT2D eigenvalue weighted by molar-refractivity contribution is 0.104. The monoisotopic (exact) mass is 198 g/mol. The van der Waals surface area contributed by atoms with Crippen LogP contribution >= 0.6 is 11.3 Å². The largest absolute Gasteiger partial charge is 0.378 e. The summed E-state index contributed by atoms with van der Waals surface area (Å²) < 4.78 is 5.53. The van der Waals surface area contributed by atoms with Gasteiger partial charge in [-0.3, -0.25) is 0 Å². The average molecular weight is 198 g/mol. The molecule has 1 fully saturated rings. The summed E-state index contributed by atoms with van der Waals surface area (Å²) in [7, 11) is 0. The van der Waals surface area contributed by atoms with Gasteiger partial charge in [0.1, 0.15) is 0 Å². The predicted molar refractivity (Wildman–Crippen MR) is 53.8 cm³/mol. The van der Waals surface area contributed by atoms with Gasteiger partial charge in [-0.2, -0.15) is 0 Å². The molecule has 2 N–H and O–H groups in total. The summed E-state index contributed by atoms with van der Waals surface area (Å²) in [6.07, 6.45) is 4.97. The molecule has 2 rings (SSSR count). The maximum atomic E-state index is 5.54. The summed E-state index contributed by atoms with van der Waals surface area (Å²) >= 11 is 1.51. The third kappa shape index (κ3) is 2.42. The number of thiazole rings is 1. The van der Waals surface area contributed by atoms with Gasteiger partial charge in [-0.05, 0) is 25.7 Å². The Labute approximate surface area is 81.9 Å². The summed E-state index contributed by atoms with van der Waals surface area (Å²) in [6, 6.07) is 0. The Kier molecular flexibility index (Phi) is 2.80. The highest BCUT2D eigenvalue weighted by Crippen LogP contribution is 2.19. The van der Waals surface area contributed by atoms with Crippen molar-refractivity contribution >= 4 is 16.5 Å². The number of rotatable bonds is 3. The van der Waals surface area contributed by atoms with Gasteiger partial charge in [0.2, 0.25) is 0 Å². The second-order valence-corrected chi connectivity index (χ2v) is 4.24.